The van der Waals surface area contributed by atoms with E-state index in [-0.39, 0.29) is 5.92 Å². The summed E-state index contributed by atoms with van der Waals surface area (Å²) in [5.74, 6) is 0.223. The van der Waals surface area contributed by atoms with E-state index in [1.807, 2.05) is 37.3 Å². The SMILES string of the molecule is Cc1ccc2cc(C(O)C(O)C3CCCCC3)ccc2n1. The first-order valence-corrected chi connectivity index (χ1v) is 7.88. The van der Waals surface area contributed by atoms with E-state index in [0.717, 1.165) is 47.8 Å². The van der Waals surface area contributed by atoms with E-state index in [9.17, 15) is 10.2 Å². The fourth-order valence-electron chi connectivity index (χ4n) is 3.36. The molecular weight excluding hydrogens is 262 g/mol. The zero-order chi connectivity index (χ0) is 14.8. The number of pyridine rings is 1. The van der Waals surface area contributed by atoms with Crippen LogP contribution in [0.2, 0.25) is 0 Å². The third-order valence-electron chi connectivity index (χ3n) is 4.65. The first kappa shape index (κ1) is 14.5. The molecule has 1 saturated carbocycles. The Morgan fingerprint density at radius 3 is 2.57 bits per heavy atom. The molecule has 21 heavy (non-hydrogen) atoms. The number of hydrogen-bond donors (Lipinski definition) is 2. The van der Waals surface area contributed by atoms with Crippen LogP contribution in [0.25, 0.3) is 10.9 Å². The number of nitrogens with zero attached hydrogens (tertiary/aromatic N) is 1. The normalized spacial score (nSPS) is 19.6. The van der Waals surface area contributed by atoms with Crippen molar-refractivity contribution in [3.8, 4) is 0 Å². The van der Waals surface area contributed by atoms with Crippen LogP contribution in [0.1, 0.15) is 49.5 Å². The molecule has 1 aromatic heterocycles. The topological polar surface area (TPSA) is 53.4 Å². The van der Waals surface area contributed by atoms with E-state index < -0.39 is 12.2 Å². The Hall–Kier alpha value is -1.45. The van der Waals surface area contributed by atoms with Gasteiger partial charge in [0.05, 0.1) is 11.6 Å². The van der Waals surface area contributed by atoms with Crippen molar-refractivity contribution in [3.05, 3.63) is 41.6 Å². The number of aliphatic hydroxyl groups excluding tert-OH is 2. The van der Waals surface area contributed by atoms with Gasteiger partial charge >= 0.3 is 0 Å². The van der Waals surface area contributed by atoms with Crippen LogP contribution in [0.15, 0.2) is 30.3 Å². The van der Waals surface area contributed by atoms with E-state index in [4.69, 9.17) is 0 Å². The highest BCUT2D eigenvalue weighted by Crippen LogP contribution is 2.33. The quantitative estimate of drug-likeness (QED) is 0.907. The molecule has 0 radical (unpaired) electrons. The minimum absolute atomic E-state index is 0.223. The zero-order valence-corrected chi connectivity index (χ0v) is 12.5. The van der Waals surface area contributed by atoms with Gasteiger partial charge < -0.3 is 10.2 Å². The van der Waals surface area contributed by atoms with Crippen LogP contribution < -0.4 is 0 Å². The first-order valence-electron chi connectivity index (χ1n) is 7.88. The zero-order valence-electron chi connectivity index (χ0n) is 12.5. The van der Waals surface area contributed by atoms with Crippen molar-refractivity contribution in [1.82, 2.24) is 4.98 Å². The molecular formula is C18H23NO2. The Morgan fingerprint density at radius 1 is 1.05 bits per heavy atom. The Balaban J connectivity index is 1.83. The number of hydrogen-bond acceptors (Lipinski definition) is 3. The maximum absolute atomic E-state index is 10.5. The van der Waals surface area contributed by atoms with Crippen molar-refractivity contribution in [2.24, 2.45) is 5.92 Å². The van der Waals surface area contributed by atoms with Crippen molar-refractivity contribution in [2.45, 2.75) is 51.2 Å². The van der Waals surface area contributed by atoms with Crippen LogP contribution in [-0.2, 0) is 0 Å². The number of aliphatic hydroxyl groups is 2. The summed E-state index contributed by atoms with van der Waals surface area (Å²) in [7, 11) is 0. The van der Waals surface area contributed by atoms with Gasteiger partial charge in [-0.1, -0.05) is 31.4 Å². The minimum Gasteiger partial charge on any atom is -0.390 e. The van der Waals surface area contributed by atoms with Gasteiger partial charge in [-0.05, 0) is 49.4 Å². The van der Waals surface area contributed by atoms with E-state index in [1.165, 1.54) is 6.42 Å². The standard InChI is InChI=1S/C18H23NO2/c1-12-7-8-14-11-15(9-10-16(14)19-12)18(21)17(20)13-5-3-2-4-6-13/h7-11,13,17-18,20-21H,2-6H2,1H3. The van der Waals surface area contributed by atoms with Gasteiger partial charge in [0.2, 0.25) is 0 Å². The Bertz CT molecular complexity index is 620. The maximum atomic E-state index is 10.5. The smallest absolute Gasteiger partial charge is 0.105 e. The van der Waals surface area contributed by atoms with Gasteiger partial charge in [-0.25, -0.2) is 0 Å². The molecule has 3 rings (SSSR count). The second-order valence-electron chi connectivity index (χ2n) is 6.24. The van der Waals surface area contributed by atoms with Crippen LogP contribution in [0.4, 0.5) is 0 Å². The second kappa shape index (κ2) is 6.12. The molecule has 3 heteroatoms. The summed E-state index contributed by atoms with van der Waals surface area (Å²) in [5.41, 5.74) is 2.70. The van der Waals surface area contributed by atoms with Crippen LogP contribution in [0.3, 0.4) is 0 Å². The van der Waals surface area contributed by atoms with Gasteiger partial charge in [0.15, 0.2) is 0 Å². The van der Waals surface area contributed by atoms with Crippen LogP contribution in [0, 0.1) is 12.8 Å². The van der Waals surface area contributed by atoms with Crippen molar-refractivity contribution in [2.75, 3.05) is 0 Å². The van der Waals surface area contributed by atoms with Gasteiger partial charge in [0, 0.05) is 11.1 Å². The van der Waals surface area contributed by atoms with Crippen LogP contribution in [-0.4, -0.2) is 21.3 Å². The van der Waals surface area contributed by atoms with Gasteiger partial charge in [-0.2, -0.15) is 0 Å². The summed E-state index contributed by atoms with van der Waals surface area (Å²) < 4.78 is 0. The van der Waals surface area contributed by atoms with Crippen molar-refractivity contribution >= 4 is 10.9 Å². The fourth-order valence-corrected chi connectivity index (χ4v) is 3.36. The van der Waals surface area contributed by atoms with Gasteiger partial charge in [-0.3, -0.25) is 4.98 Å². The highest BCUT2D eigenvalue weighted by atomic mass is 16.3. The fraction of sp³-hybridized carbons (Fsp3) is 0.500. The Labute approximate surface area is 125 Å². The molecule has 0 amide bonds. The van der Waals surface area contributed by atoms with E-state index in [2.05, 4.69) is 4.98 Å². The van der Waals surface area contributed by atoms with Crippen LogP contribution >= 0.6 is 0 Å². The molecule has 2 aromatic rings. The van der Waals surface area contributed by atoms with E-state index in [1.54, 1.807) is 0 Å². The lowest BCUT2D eigenvalue weighted by Gasteiger charge is -2.30. The largest absolute Gasteiger partial charge is 0.390 e. The van der Waals surface area contributed by atoms with Crippen molar-refractivity contribution in [1.29, 1.82) is 0 Å². The molecule has 0 spiro atoms. The summed E-state index contributed by atoms with van der Waals surface area (Å²) in [5, 5.41) is 21.9. The molecule has 1 heterocycles. The monoisotopic (exact) mass is 285 g/mol. The Morgan fingerprint density at radius 2 is 1.81 bits per heavy atom. The maximum Gasteiger partial charge on any atom is 0.105 e. The van der Waals surface area contributed by atoms with Gasteiger partial charge in [0.1, 0.15) is 6.10 Å². The number of aryl methyl sites for hydroxylation is 1. The molecule has 2 unspecified atom stereocenters. The van der Waals surface area contributed by atoms with E-state index in [0.29, 0.717) is 0 Å². The average Bonchev–Trinajstić information content (AvgIpc) is 2.53. The molecule has 1 aliphatic carbocycles. The van der Waals surface area contributed by atoms with E-state index >= 15 is 0 Å². The third kappa shape index (κ3) is 3.09. The highest BCUT2D eigenvalue weighted by molar-refractivity contribution is 5.79. The molecule has 3 nitrogen and oxygen atoms in total. The van der Waals surface area contributed by atoms with Crippen molar-refractivity contribution < 1.29 is 10.2 Å². The Kier molecular flexibility index (Phi) is 4.22. The minimum atomic E-state index is -0.807. The molecule has 1 fully saturated rings. The number of aromatic nitrogens is 1. The molecule has 112 valence electrons. The molecule has 1 aromatic carbocycles. The van der Waals surface area contributed by atoms with Gasteiger partial charge in [-0.15, -0.1) is 0 Å². The molecule has 1 aliphatic rings. The molecule has 0 bridgehead atoms. The van der Waals surface area contributed by atoms with Gasteiger partial charge in [0.25, 0.3) is 0 Å². The number of benzene rings is 1. The second-order valence-corrected chi connectivity index (χ2v) is 6.24. The first-order chi connectivity index (χ1) is 10.1. The molecule has 2 atom stereocenters. The highest BCUT2D eigenvalue weighted by Gasteiger charge is 2.28. The lowest BCUT2D eigenvalue weighted by molar-refractivity contribution is -0.0285. The number of rotatable bonds is 3. The summed E-state index contributed by atoms with van der Waals surface area (Å²) in [6.07, 6.45) is 4.14. The molecule has 0 aliphatic heterocycles. The average molecular weight is 285 g/mol. The lowest BCUT2D eigenvalue weighted by atomic mass is 9.82. The molecule has 2 N–H and O–H groups in total. The van der Waals surface area contributed by atoms with Crippen molar-refractivity contribution in [3.63, 3.8) is 0 Å². The summed E-state index contributed by atoms with van der Waals surface area (Å²) >= 11 is 0. The predicted molar refractivity (Wildman–Crippen MR) is 84.0 cm³/mol. The van der Waals surface area contributed by atoms with Crippen LogP contribution in [0.5, 0.6) is 0 Å². The number of fused-ring (bicyclic) bond motifs is 1. The third-order valence-corrected chi connectivity index (χ3v) is 4.65. The lowest BCUT2D eigenvalue weighted by Crippen LogP contribution is -2.29. The summed E-state index contributed by atoms with van der Waals surface area (Å²) in [6.45, 7) is 1.97. The molecule has 0 saturated heterocycles. The summed E-state index contributed by atoms with van der Waals surface area (Å²) in [4.78, 5) is 4.47. The summed E-state index contributed by atoms with van der Waals surface area (Å²) in [6, 6.07) is 9.73. The predicted octanol–water partition coefficient (Wildman–Crippen LogP) is 3.52.